The number of rotatable bonds is 7. The van der Waals surface area contributed by atoms with Gasteiger partial charge in [0.05, 0.1) is 0 Å². The maximum Gasteiger partial charge on any atom is 0.0468 e. The molecule has 0 amide bonds. The molecule has 55 heavy (non-hydrogen) atoms. The van der Waals surface area contributed by atoms with Gasteiger partial charge in [0.25, 0.3) is 0 Å². The molecule has 0 spiro atoms. The number of hydrogen-bond acceptors (Lipinski definition) is 1. The van der Waals surface area contributed by atoms with Gasteiger partial charge in [-0.05, 0) is 113 Å². The lowest BCUT2D eigenvalue weighted by atomic mass is 9.89. The zero-order valence-electron chi connectivity index (χ0n) is 30.3. The number of fused-ring (bicyclic) bond motifs is 4. The number of anilines is 3. The Bertz CT molecular complexity index is 2950. The van der Waals surface area contributed by atoms with E-state index in [0.717, 1.165) is 17.1 Å². The molecule has 10 rings (SSSR count). The highest BCUT2D eigenvalue weighted by atomic mass is 15.1. The Morgan fingerprint density at radius 1 is 0.236 bits per heavy atom. The fourth-order valence-corrected chi connectivity index (χ4v) is 8.19. The first-order chi connectivity index (χ1) is 27.3. The van der Waals surface area contributed by atoms with Crippen molar-refractivity contribution >= 4 is 49.4 Å². The van der Waals surface area contributed by atoms with E-state index in [9.17, 15) is 0 Å². The van der Waals surface area contributed by atoms with Crippen molar-refractivity contribution in [2.24, 2.45) is 0 Å². The van der Waals surface area contributed by atoms with Gasteiger partial charge in [-0.3, -0.25) is 0 Å². The van der Waals surface area contributed by atoms with Crippen molar-refractivity contribution in [2.45, 2.75) is 0 Å². The zero-order valence-corrected chi connectivity index (χ0v) is 30.3. The molecule has 0 heterocycles. The van der Waals surface area contributed by atoms with Crippen LogP contribution in [0.2, 0.25) is 0 Å². The fourth-order valence-electron chi connectivity index (χ4n) is 8.19. The molecule has 1 heteroatoms. The maximum atomic E-state index is 2.41. The first-order valence-corrected chi connectivity index (χ1v) is 18.9. The molecule has 258 valence electrons. The summed E-state index contributed by atoms with van der Waals surface area (Å²) < 4.78 is 0. The lowest BCUT2D eigenvalue weighted by molar-refractivity contribution is 1.29. The van der Waals surface area contributed by atoms with Gasteiger partial charge < -0.3 is 4.90 Å². The molecule has 0 saturated carbocycles. The molecule has 0 aliphatic carbocycles. The van der Waals surface area contributed by atoms with E-state index in [1.54, 1.807) is 0 Å². The molecule has 0 atom stereocenters. The Hall–Kier alpha value is -7.22. The van der Waals surface area contributed by atoms with Crippen LogP contribution in [0.5, 0.6) is 0 Å². The molecule has 1 nitrogen and oxygen atoms in total. The standard InChI is InChI=1S/C54H37N/c1-4-14-38(15-5-1)49-35-33-47(37-52(49)40-18-8-3-9-19-40)55(46-32-26-43-25-24-41-20-10-12-22-48(41)53(43)36-46)45-30-27-44(28-31-45)54-50-23-13-11-21-42(50)29-34-51(54)39-16-6-2-7-17-39/h1-37H. The third-order valence-electron chi connectivity index (χ3n) is 10.8. The summed E-state index contributed by atoms with van der Waals surface area (Å²) >= 11 is 0. The first-order valence-electron chi connectivity index (χ1n) is 18.9. The SMILES string of the molecule is c1ccc(-c2ccc(N(c3ccc(-c4c(-c5ccccc5)ccc5ccccc45)cc3)c3ccc4ccc5ccccc5c4c3)cc2-c2ccccc2)cc1. The van der Waals surface area contributed by atoms with Crippen molar-refractivity contribution < 1.29 is 0 Å². The monoisotopic (exact) mass is 699 g/mol. The van der Waals surface area contributed by atoms with Gasteiger partial charge >= 0.3 is 0 Å². The average molecular weight is 700 g/mol. The maximum absolute atomic E-state index is 2.41. The molecule has 0 radical (unpaired) electrons. The van der Waals surface area contributed by atoms with Crippen molar-refractivity contribution in [2.75, 3.05) is 4.90 Å². The largest absolute Gasteiger partial charge is 0.310 e. The van der Waals surface area contributed by atoms with Gasteiger partial charge in [-0.1, -0.05) is 188 Å². The molecule has 0 aliphatic heterocycles. The molecule has 0 aliphatic rings. The molecule has 0 N–H and O–H groups in total. The minimum atomic E-state index is 1.09. The third-order valence-corrected chi connectivity index (χ3v) is 10.8. The van der Waals surface area contributed by atoms with Crippen molar-refractivity contribution in [1.82, 2.24) is 0 Å². The lowest BCUT2D eigenvalue weighted by Crippen LogP contribution is -2.10. The van der Waals surface area contributed by atoms with Crippen LogP contribution < -0.4 is 4.90 Å². The summed E-state index contributed by atoms with van der Waals surface area (Å²) in [7, 11) is 0. The highest BCUT2D eigenvalue weighted by molar-refractivity contribution is 6.09. The Kier molecular flexibility index (Phi) is 8.24. The molecule has 10 aromatic carbocycles. The third kappa shape index (κ3) is 6.02. The second-order valence-corrected chi connectivity index (χ2v) is 14.1. The summed E-state index contributed by atoms with van der Waals surface area (Å²) in [5.74, 6) is 0. The van der Waals surface area contributed by atoms with Crippen LogP contribution in [0, 0.1) is 0 Å². The van der Waals surface area contributed by atoms with Gasteiger partial charge in [0.2, 0.25) is 0 Å². The van der Waals surface area contributed by atoms with Crippen LogP contribution in [0.15, 0.2) is 224 Å². The minimum Gasteiger partial charge on any atom is -0.310 e. The van der Waals surface area contributed by atoms with Gasteiger partial charge in [-0.15, -0.1) is 0 Å². The minimum absolute atomic E-state index is 1.09. The highest BCUT2D eigenvalue weighted by Gasteiger charge is 2.19. The number of nitrogens with zero attached hydrogens (tertiary/aromatic N) is 1. The molecular weight excluding hydrogens is 663 g/mol. The zero-order chi connectivity index (χ0) is 36.6. The smallest absolute Gasteiger partial charge is 0.0468 e. The van der Waals surface area contributed by atoms with Gasteiger partial charge in [-0.2, -0.15) is 0 Å². The molecule has 0 unspecified atom stereocenters. The van der Waals surface area contributed by atoms with E-state index < -0.39 is 0 Å². The predicted molar refractivity (Wildman–Crippen MR) is 235 cm³/mol. The number of benzene rings is 10. The molecule has 0 fully saturated rings. The molecule has 0 saturated heterocycles. The quantitative estimate of drug-likeness (QED) is 0.150. The van der Waals surface area contributed by atoms with E-state index >= 15 is 0 Å². The predicted octanol–water partition coefficient (Wildman–Crippen LogP) is 15.3. The van der Waals surface area contributed by atoms with Crippen molar-refractivity contribution in [1.29, 1.82) is 0 Å². The van der Waals surface area contributed by atoms with Crippen LogP contribution in [0.25, 0.3) is 76.8 Å². The summed E-state index contributed by atoms with van der Waals surface area (Å²) in [6.45, 7) is 0. The van der Waals surface area contributed by atoms with Crippen LogP contribution in [-0.2, 0) is 0 Å². The molecular formula is C54H37N. The van der Waals surface area contributed by atoms with Crippen LogP contribution in [0.3, 0.4) is 0 Å². The summed E-state index contributed by atoms with van der Waals surface area (Å²) in [5.41, 5.74) is 13.0. The fraction of sp³-hybridized carbons (Fsp3) is 0. The molecule has 10 aromatic rings. The average Bonchev–Trinajstić information content (AvgIpc) is 3.27. The van der Waals surface area contributed by atoms with Crippen molar-refractivity contribution in [3.63, 3.8) is 0 Å². The highest BCUT2D eigenvalue weighted by Crippen LogP contribution is 2.44. The Labute approximate surface area is 322 Å². The summed E-state index contributed by atoms with van der Waals surface area (Å²) in [5, 5.41) is 7.45. The Morgan fingerprint density at radius 2 is 0.673 bits per heavy atom. The van der Waals surface area contributed by atoms with Crippen molar-refractivity contribution in [3.05, 3.63) is 224 Å². The van der Waals surface area contributed by atoms with E-state index in [-0.39, 0.29) is 0 Å². The molecule has 0 bridgehead atoms. The van der Waals surface area contributed by atoms with E-state index in [0.29, 0.717) is 0 Å². The van der Waals surface area contributed by atoms with E-state index in [4.69, 9.17) is 0 Å². The first kappa shape index (κ1) is 32.4. The summed E-state index contributed by atoms with van der Waals surface area (Å²) in [4.78, 5) is 2.41. The van der Waals surface area contributed by atoms with Crippen LogP contribution >= 0.6 is 0 Å². The number of hydrogen-bond donors (Lipinski definition) is 0. The van der Waals surface area contributed by atoms with E-state index in [1.807, 2.05) is 0 Å². The van der Waals surface area contributed by atoms with Gasteiger partial charge in [-0.25, -0.2) is 0 Å². The summed E-state index contributed by atoms with van der Waals surface area (Å²) in [6, 6.07) is 81.5. The summed E-state index contributed by atoms with van der Waals surface area (Å²) in [6.07, 6.45) is 0. The van der Waals surface area contributed by atoms with Gasteiger partial charge in [0, 0.05) is 17.1 Å². The second kappa shape index (κ2) is 14.0. The van der Waals surface area contributed by atoms with Crippen LogP contribution in [-0.4, -0.2) is 0 Å². The van der Waals surface area contributed by atoms with Gasteiger partial charge in [0.15, 0.2) is 0 Å². The Balaban J connectivity index is 1.18. The van der Waals surface area contributed by atoms with Crippen LogP contribution in [0.1, 0.15) is 0 Å². The van der Waals surface area contributed by atoms with E-state index in [1.165, 1.54) is 76.8 Å². The van der Waals surface area contributed by atoms with E-state index in [2.05, 4.69) is 229 Å². The van der Waals surface area contributed by atoms with Crippen LogP contribution in [0.4, 0.5) is 17.1 Å². The Morgan fingerprint density at radius 3 is 1.35 bits per heavy atom. The van der Waals surface area contributed by atoms with Gasteiger partial charge in [0.1, 0.15) is 0 Å². The van der Waals surface area contributed by atoms with Crippen molar-refractivity contribution in [3.8, 4) is 44.5 Å². The molecule has 0 aromatic heterocycles. The normalized spacial score (nSPS) is 11.3. The topological polar surface area (TPSA) is 3.24 Å². The lowest BCUT2D eigenvalue weighted by Gasteiger charge is -2.27. The second-order valence-electron chi connectivity index (χ2n) is 14.1.